The number of nitro benzene ring substituents is 1. The van der Waals surface area contributed by atoms with Crippen molar-refractivity contribution in [3.8, 4) is 0 Å². The molecule has 9 heteroatoms. The highest BCUT2D eigenvalue weighted by Gasteiger charge is 2.32. The Morgan fingerprint density at radius 2 is 2.11 bits per heavy atom. The number of benzene rings is 1. The maximum absolute atomic E-state index is 12.1. The van der Waals surface area contributed by atoms with Crippen molar-refractivity contribution in [2.45, 2.75) is 13.0 Å². The second kappa shape index (κ2) is 5.08. The number of nitro groups is 1. The van der Waals surface area contributed by atoms with E-state index in [2.05, 4.69) is 15.3 Å². The van der Waals surface area contributed by atoms with Crippen LogP contribution in [0.25, 0.3) is 0 Å². The van der Waals surface area contributed by atoms with Gasteiger partial charge in [0.15, 0.2) is 0 Å². The van der Waals surface area contributed by atoms with Gasteiger partial charge < -0.3 is 0 Å². The zero-order valence-corrected chi connectivity index (χ0v) is 11.0. The molecule has 1 fully saturated rings. The Morgan fingerprint density at radius 1 is 1.47 bits per heavy atom. The summed E-state index contributed by atoms with van der Waals surface area (Å²) in [5.74, 6) is -0.549. The molecule has 2 atom stereocenters. The molecule has 2 rings (SSSR count). The zero-order valence-electron chi connectivity index (χ0n) is 10.1. The van der Waals surface area contributed by atoms with Crippen molar-refractivity contribution >= 4 is 19.2 Å². The lowest BCUT2D eigenvalue weighted by Gasteiger charge is -2.14. The van der Waals surface area contributed by atoms with Crippen molar-refractivity contribution in [1.29, 1.82) is 0 Å². The molecule has 1 aromatic rings. The molecule has 1 amide bonds. The predicted molar refractivity (Wildman–Crippen MR) is 68.8 cm³/mol. The highest BCUT2D eigenvalue weighted by atomic mass is 31.2. The van der Waals surface area contributed by atoms with E-state index in [0.717, 1.165) is 0 Å². The summed E-state index contributed by atoms with van der Waals surface area (Å²) in [6.45, 7) is 2.34. The topological polar surface area (TPSA) is 113 Å². The molecule has 102 valence electrons. The third kappa shape index (κ3) is 3.17. The highest BCUT2D eigenvalue weighted by molar-refractivity contribution is 7.58. The van der Waals surface area contributed by atoms with Gasteiger partial charge >= 0.3 is 7.59 Å². The number of nitrogens with zero attached hydrogens (tertiary/aromatic N) is 1. The molecule has 2 unspecified atom stereocenters. The second-order valence-corrected chi connectivity index (χ2v) is 6.26. The van der Waals surface area contributed by atoms with Crippen molar-refractivity contribution in [2.24, 2.45) is 0 Å². The molecule has 1 heterocycles. The first kappa shape index (κ1) is 13.7. The van der Waals surface area contributed by atoms with Gasteiger partial charge in [-0.2, -0.15) is 0 Å². The normalized spacial score (nSPS) is 26.1. The van der Waals surface area contributed by atoms with Crippen LogP contribution in [0.3, 0.4) is 0 Å². The number of hydrogen-bond donors (Lipinski definition) is 3. The number of carbonyl (C=O) groups is 1. The largest absolute Gasteiger partial charge is 0.306 e. The van der Waals surface area contributed by atoms with Gasteiger partial charge in [0.05, 0.1) is 4.92 Å². The van der Waals surface area contributed by atoms with Gasteiger partial charge in [-0.15, -0.1) is 0 Å². The molecular formula is C10H13N4O4P. The average Bonchev–Trinajstić information content (AvgIpc) is 2.69. The molecule has 0 aromatic heterocycles. The van der Waals surface area contributed by atoms with E-state index in [-0.39, 0.29) is 17.3 Å². The summed E-state index contributed by atoms with van der Waals surface area (Å²) in [6, 6.07) is 5.09. The van der Waals surface area contributed by atoms with Crippen LogP contribution < -0.4 is 15.3 Å². The zero-order chi connectivity index (χ0) is 14.0. The van der Waals surface area contributed by atoms with Crippen LogP contribution in [-0.2, 0) is 4.57 Å². The van der Waals surface area contributed by atoms with Gasteiger partial charge in [0.2, 0.25) is 0 Å². The molecule has 19 heavy (non-hydrogen) atoms. The number of non-ortho nitro benzene ring substituents is 1. The molecule has 1 aliphatic rings. The van der Waals surface area contributed by atoms with Crippen molar-refractivity contribution < 1.29 is 14.3 Å². The maximum Gasteiger partial charge on any atom is 0.306 e. The van der Waals surface area contributed by atoms with E-state index in [1.165, 1.54) is 24.3 Å². The average molecular weight is 284 g/mol. The molecule has 0 aliphatic carbocycles. The van der Waals surface area contributed by atoms with Gasteiger partial charge in [-0.1, -0.05) is 0 Å². The molecule has 0 spiro atoms. The van der Waals surface area contributed by atoms with Crippen LogP contribution in [0.1, 0.15) is 17.3 Å². The Labute approximate surface area is 109 Å². The smallest absolute Gasteiger partial charge is 0.279 e. The van der Waals surface area contributed by atoms with Crippen molar-refractivity contribution in [3.05, 3.63) is 39.9 Å². The Hall–Kier alpha value is -1.76. The maximum atomic E-state index is 12.1. The molecule has 0 bridgehead atoms. The van der Waals surface area contributed by atoms with Gasteiger partial charge in [-0.3, -0.25) is 24.6 Å². The van der Waals surface area contributed by atoms with Crippen LogP contribution in [0.5, 0.6) is 0 Å². The van der Waals surface area contributed by atoms with Gasteiger partial charge in [-0.05, 0) is 19.1 Å². The monoisotopic (exact) mass is 284 g/mol. The fourth-order valence-corrected chi connectivity index (χ4v) is 3.57. The van der Waals surface area contributed by atoms with E-state index in [9.17, 15) is 19.5 Å². The minimum Gasteiger partial charge on any atom is -0.279 e. The van der Waals surface area contributed by atoms with Crippen molar-refractivity contribution in [2.75, 3.05) is 6.54 Å². The van der Waals surface area contributed by atoms with Gasteiger partial charge in [0.1, 0.15) is 0 Å². The Kier molecular flexibility index (Phi) is 3.66. The third-order valence-electron chi connectivity index (χ3n) is 2.62. The number of rotatable bonds is 3. The van der Waals surface area contributed by atoms with Crippen LogP contribution >= 0.6 is 7.59 Å². The fraction of sp³-hybridized carbons (Fsp3) is 0.300. The van der Waals surface area contributed by atoms with Gasteiger partial charge in [-0.25, -0.2) is 10.2 Å². The standard InChI is InChI=1S/C10H13N4O4P/c1-7-6-11-19(18,12-7)13-10(15)8-2-4-9(5-3-8)14(16)17/h2-5,7H,6H2,1H3,(H3,11,12,13,15,18). The predicted octanol–water partition coefficient (Wildman–Crippen LogP) is 1.01. The SMILES string of the molecule is CC1CNP(=O)(NC(=O)c2ccc([N+](=O)[O-])cc2)N1. The first-order chi connectivity index (χ1) is 8.89. The fourth-order valence-electron chi connectivity index (χ4n) is 1.68. The number of amides is 1. The van der Waals surface area contributed by atoms with E-state index in [0.29, 0.717) is 6.54 Å². The lowest BCUT2D eigenvalue weighted by Crippen LogP contribution is -2.29. The van der Waals surface area contributed by atoms with E-state index < -0.39 is 18.4 Å². The molecule has 0 saturated carbocycles. The summed E-state index contributed by atoms with van der Waals surface area (Å²) in [5, 5.41) is 18.3. The molecular weight excluding hydrogens is 271 g/mol. The highest BCUT2D eigenvalue weighted by Crippen LogP contribution is 2.35. The van der Waals surface area contributed by atoms with E-state index in [1.54, 1.807) is 0 Å². The quantitative estimate of drug-likeness (QED) is 0.434. The first-order valence-corrected chi connectivity index (χ1v) is 7.30. The van der Waals surface area contributed by atoms with Crippen molar-refractivity contribution in [3.63, 3.8) is 0 Å². The summed E-state index contributed by atoms with van der Waals surface area (Å²) >= 11 is 0. The van der Waals surface area contributed by atoms with Gasteiger partial charge in [0, 0.05) is 30.3 Å². The molecule has 3 N–H and O–H groups in total. The van der Waals surface area contributed by atoms with Crippen LogP contribution in [-0.4, -0.2) is 23.4 Å². The van der Waals surface area contributed by atoms with E-state index in [1.807, 2.05) is 6.92 Å². The van der Waals surface area contributed by atoms with Gasteiger partial charge in [0.25, 0.3) is 11.6 Å². The summed E-state index contributed by atoms with van der Waals surface area (Å²) in [5.41, 5.74) is 0.109. The molecule has 0 radical (unpaired) electrons. The third-order valence-corrected chi connectivity index (χ3v) is 4.57. The summed E-state index contributed by atoms with van der Waals surface area (Å²) < 4.78 is 12.1. The summed E-state index contributed by atoms with van der Waals surface area (Å²) in [6.07, 6.45) is 0. The minimum absolute atomic E-state index is 0.00277. The Bertz CT molecular complexity index is 559. The first-order valence-electron chi connectivity index (χ1n) is 5.60. The number of carbonyl (C=O) groups excluding carboxylic acids is 1. The molecule has 8 nitrogen and oxygen atoms in total. The second-order valence-electron chi connectivity index (χ2n) is 4.25. The lowest BCUT2D eigenvalue weighted by atomic mass is 10.2. The van der Waals surface area contributed by atoms with E-state index >= 15 is 0 Å². The Morgan fingerprint density at radius 3 is 2.58 bits per heavy atom. The minimum atomic E-state index is -3.11. The van der Waals surface area contributed by atoms with E-state index in [4.69, 9.17) is 0 Å². The number of nitrogens with one attached hydrogen (secondary N) is 3. The van der Waals surface area contributed by atoms with Crippen molar-refractivity contribution in [1.82, 2.24) is 15.3 Å². The summed E-state index contributed by atoms with van der Waals surface area (Å²) in [7, 11) is -3.11. The molecule has 1 saturated heterocycles. The summed E-state index contributed by atoms with van der Waals surface area (Å²) in [4.78, 5) is 21.8. The lowest BCUT2D eigenvalue weighted by molar-refractivity contribution is -0.384. The van der Waals surface area contributed by atoms with Crippen LogP contribution in [0.15, 0.2) is 24.3 Å². The Balaban J connectivity index is 2.08. The van der Waals surface area contributed by atoms with Crippen LogP contribution in [0.4, 0.5) is 5.69 Å². The number of hydrogen-bond acceptors (Lipinski definition) is 4. The molecule has 1 aromatic carbocycles. The molecule has 1 aliphatic heterocycles. The van der Waals surface area contributed by atoms with Crippen LogP contribution in [0.2, 0.25) is 0 Å². The van der Waals surface area contributed by atoms with Crippen LogP contribution in [0, 0.1) is 10.1 Å².